The topological polar surface area (TPSA) is 3.24 Å². The molecule has 0 spiro atoms. The molecular weight excluding hydrogens is 289 g/mol. The van der Waals surface area contributed by atoms with E-state index in [4.69, 9.17) is 23.2 Å². The van der Waals surface area contributed by atoms with Crippen LogP contribution in [0.2, 0.25) is 5.02 Å². The number of anilines is 2. The maximum absolute atomic E-state index is 6.30. The Hall–Kier alpha value is -1.18. The van der Waals surface area contributed by atoms with E-state index in [9.17, 15) is 0 Å². The highest BCUT2D eigenvalue weighted by Crippen LogP contribution is 2.39. The first kappa shape index (κ1) is 13.8. The Morgan fingerprint density at radius 3 is 2.65 bits per heavy atom. The molecule has 2 aromatic carbocycles. The summed E-state index contributed by atoms with van der Waals surface area (Å²) in [7, 11) is 0. The molecular formula is C17H17Cl2N. The van der Waals surface area contributed by atoms with Crippen LogP contribution >= 0.6 is 23.2 Å². The van der Waals surface area contributed by atoms with Crippen molar-refractivity contribution in [3.05, 3.63) is 58.6 Å². The van der Waals surface area contributed by atoms with E-state index < -0.39 is 0 Å². The van der Waals surface area contributed by atoms with Gasteiger partial charge in [0.05, 0.1) is 5.88 Å². The van der Waals surface area contributed by atoms with Gasteiger partial charge in [0.15, 0.2) is 0 Å². The fourth-order valence-electron chi connectivity index (χ4n) is 2.96. The van der Waals surface area contributed by atoms with Crippen molar-refractivity contribution < 1.29 is 0 Å². The van der Waals surface area contributed by atoms with Crippen molar-refractivity contribution in [1.29, 1.82) is 0 Å². The Kier molecular flexibility index (Phi) is 3.91. The van der Waals surface area contributed by atoms with Crippen LogP contribution in [0.15, 0.2) is 42.5 Å². The number of fused-ring (bicyclic) bond motifs is 1. The first-order valence-corrected chi connectivity index (χ1v) is 7.80. The number of alkyl halides is 1. The molecule has 1 heterocycles. The van der Waals surface area contributed by atoms with Gasteiger partial charge in [-0.3, -0.25) is 0 Å². The smallest absolute Gasteiger partial charge is 0.0509 e. The molecule has 1 unspecified atom stereocenters. The van der Waals surface area contributed by atoms with Crippen molar-refractivity contribution in [2.45, 2.75) is 19.2 Å². The number of hydrogen-bond acceptors (Lipinski definition) is 1. The Bertz CT molecular complexity index is 624. The van der Waals surface area contributed by atoms with Crippen LogP contribution in [0.4, 0.5) is 11.4 Å². The van der Waals surface area contributed by atoms with Gasteiger partial charge in [-0.2, -0.15) is 0 Å². The predicted molar refractivity (Wildman–Crippen MR) is 87.3 cm³/mol. The second kappa shape index (κ2) is 5.67. The van der Waals surface area contributed by atoms with Crippen LogP contribution < -0.4 is 4.90 Å². The van der Waals surface area contributed by atoms with Crippen LogP contribution in [-0.4, -0.2) is 6.54 Å². The average Bonchev–Trinajstić information content (AvgIpc) is 2.46. The lowest BCUT2D eigenvalue weighted by atomic mass is 9.93. The van der Waals surface area contributed by atoms with E-state index in [1.54, 1.807) is 0 Å². The fourth-order valence-corrected chi connectivity index (χ4v) is 3.54. The quantitative estimate of drug-likeness (QED) is 0.671. The van der Waals surface area contributed by atoms with E-state index >= 15 is 0 Å². The fraction of sp³-hybridized carbons (Fsp3) is 0.294. The van der Waals surface area contributed by atoms with Crippen LogP contribution in [0.3, 0.4) is 0 Å². The third kappa shape index (κ3) is 2.41. The molecule has 1 aliphatic rings. The first-order chi connectivity index (χ1) is 9.70. The molecule has 0 amide bonds. The Balaban J connectivity index is 2.13. The van der Waals surface area contributed by atoms with Gasteiger partial charge in [0.25, 0.3) is 0 Å². The summed E-state index contributed by atoms with van der Waals surface area (Å²) in [6.07, 6.45) is 1.13. The van der Waals surface area contributed by atoms with Gasteiger partial charge >= 0.3 is 0 Å². The van der Waals surface area contributed by atoms with Crippen molar-refractivity contribution in [1.82, 2.24) is 0 Å². The van der Waals surface area contributed by atoms with Crippen molar-refractivity contribution in [2.24, 2.45) is 5.92 Å². The molecule has 0 aromatic heterocycles. The molecule has 3 heteroatoms. The van der Waals surface area contributed by atoms with Crippen LogP contribution in [0.25, 0.3) is 0 Å². The van der Waals surface area contributed by atoms with E-state index in [1.165, 1.54) is 11.3 Å². The van der Waals surface area contributed by atoms with Crippen molar-refractivity contribution in [2.75, 3.05) is 11.4 Å². The number of halogens is 2. The van der Waals surface area contributed by atoms with Gasteiger partial charge in [-0.1, -0.05) is 42.8 Å². The number of hydrogen-bond donors (Lipinski definition) is 0. The SMILES string of the molecule is CC1Cc2ccccc2N(c2cccc(Cl)c2CCl)C1. The van der Waals surface area contributed by atoms with Crippen LogP contribution in [0.1, 0.15) is 18.1 Å². The number of nitrogens with zero attached hydrogens (tertiary/aromatic N) is 1. The van der Waals surface area contributed by atoms with Gasteiger partial charge in [-0.25, -0.2) is 0 Å². The summed E-state index contributed by atoms with van der Waals surface area (Å²) >= 11 is 12.4. The molecule has 0 N–H and O–H groups in total. The zero-order chi connectivity index (χ0) is 14.1. The normalized spacial score (nSPS) is 17.9. The number of benzene rings is 2. The third-order valence-corrected chi connectivity index (χ3v) is 4.48. The minimum atomic E-state index is 0.433. The molecule has 3 rings (SSSR count). The molecule has 0 aliphatic carbocycles. The molecule has 104 valence electrons. The van der Waals surface area contributed by atoms with Crippen LogP contribution in [0, 0.1) is 5.92 Å². The third-order valence-electron chi connectivity index (χ3n) is 3.86. The van der Waals surface area contributed by atoms with Crippen LogP contribution in [-0.2, 0) is 12.3 Å². The monoisotopic (exact) mass is 305 g/mol. The average molecular weight is 306 g/mol. The summed E-state index contributed by atoms with van der Waals surface area (Å²) in [5.74, 6) is 1.05. The molecule has 1 nitrogen and oxygen atoms in total. The lowest BCUT2D eigenvalue weighted by Gasteiger charge is -2.36. The molecule has 0 bridgehead atoms. The second-order valence-electron chi connectivity index (χ2n) is 5.42. The van der Waals surface area contributed by atoms with Crippen LogP contribution in [0.5, 0.6) is 0 Å². The lowest BCUT2D eigenvalue weighted by Crippen LogP contribution is -2.31. The first-order valence-electron chi connectivity index (χ1n) is 6.89. The van der Waals surface area contributed by atoms with Crippen molar-refractivity contribution >= 4 is 34.6 Å². The summed E-state index contributed by atoms with van der Waals surface area (Å²) < 4.78 is 0. The molecule has 1 aliphatic heterocycles. The maximum Gasteiger partial charge on any atom is 0.0509 e. The molecule has 2 aromatic rings. The molecule has 0 radical (unpaired) electrons. The van der Waals surface area contributed by atoms with E-state index in [0.717, 1.165) is 29.2 Å². The van der Waals surface area contributed by atoms with E-state index in [1.807, 2.05) is 12.1 Å². The van der Waals surface area contributed by atoms with Gasteiger partial charge in [0, 0.05) is 28.5 Å². The Labute approximate surface area is 130 Å². The van der Waals surface area contributed by atoms with Crippen molar-refractivity contribution in [3.63, 3.8) is 0 Å². The zero-order valence-electron chi connectivity index (χ0n) is 11.4. The highest BCUT2D eigenvalue weighted by atomic mass is 35.5. The molecule has 0 saturated carbocycles. The van der Waals surface area contributed by atoms with Gasteiger partial charge in [0.2, 0.25) is 0 Å². The van der Waals surface area contributed by atoms with E-state index in [2.05, 4.69) is 42.2 Å². The summed E-state index contributed by atoms with van der Waals surface area (Å²) in [6, 6.07) is 14.6. The number of rotatable bonds is 2. The zero-order valence-corrected chi connectivity index (χ0v) is 13.0. The summed E-state index contributed by atoms with van der Waals surface area (Å²) in [5.41, 5.74) is 4.82. The predicted octanol–water partition coefficient (Wildman–Crippen LogP) is 5.41. The van der Waals surface area contributed by atoms with Gasteiger partial charge in [-0.15, -0.1) is 11.6 Å². The maximum atomic E-state index is 6.30. The molecule has 0 saturated heterocycles. The summed E-state index contributed by atoms with van der Waals surface area (Å²) in [4.78, 5) is 2.35. The summed E-state index contributed by atoms with van der Waals surface area (Å²) in [6.45, 7) is 3.29. The molecule has 20 heavy (non-hydrogen) atoms. The van der Waals surface area contributed by atoms with Crippen molar-refractivity contribution in [3.8, 4) is 0 Å². The van der Waals surface area contributed by atoms with E-state index in [-0.39, 0.29) is 0 Å². The molecule has 0 fully saturated rings. The Morgan fingerprint density at radius 1 is 1.10 bits per heavy atom. The Morgan fingerprint density at radius 2 is 1.85 bits per heavy atom. The van der Waals surface area contributed by atoms with Gasteiger partial charge < -0.3 is 4.90 Å². The van der Waals surface area contributed by atoms with Gasteiger partial charge in [-0.05, 0) is 36.1 Å². The number of para-hydroxylation sites is 1. The standard InChI is InChI=1S/C17H17Cl2N/c1-12-9-13-5-2-3-7-16(13)20(11-12)17-8-4-6-15(19)14(17)10-18/h2-8,12H,9-11H2,1H3. The highest BCUT2D eigenvalue weighted by Gasteiger charge is 2.24. The largest absolute Gasteiger partial charge is 0.341 e. The van der Waals surface area contributed by atoms with E-state index in [0.29, 0.717) is 11.8 Å². The second-order valence-corrected chi connectivity index (χ2v) is 6.09. The lowest BCUT2D eigenvalue weighted by molar-refractivity contribution is 0.562. The minimum Gasteiger partial charge on any atom is -0.341 e. The molecule has 1 atom stereocenters. The summed E-state index contributed by atoms with van der Waals surface area (Å²) in [5, 5.41) is 0.744. The van der Waals surface area contributed by atoms with Gasteiger partial charge in [0.1, 0.15) is 0 Å². The minimum absolute atomic E-state index is 0.433. The highest BCUT2D eigenvalue weighted by molar-refractivity contribution is 6.32.